The van der Waals surface area contributed by atoms with Gasteiger partial charge in [-0.3, -0.25) is 4.99 Å². The van der Waals surface area contributed by atoms with Gasteiger partial charge in [-0.25, -0.2) is 4.79 Å². The molecule has 2 amide bonds. The van der Waals surface area contributed by atoms with E-state index in [1.54, 1.807) is 18.2 Å². The van der Waals surface area contributed by atoms with Crippen LogP contribution in [0.25, 0.3) is 0 Å². The summed E-state index contributed by atoms with van der Waals surface area (Å²) in [6.07, 6.45) is 1.15. The van der Waals surface area contributed by atoms with Gasteiger partial charge < -0.3 is 15.7 Å². The summed E-state index contributed by atoms with van der Waals surface area (Å²) < 4.78 is 0. The van der Waals surface area contributed by atoms with Crippen LogP contribution in [0.15, 0.2) is 47.5 Å². The Hall–Kier alpha value is -2.08. The third kappa shape index (κ3) is 4.75. The number of aliphatic imine (C=N–C) groups is 1. The lowest BCUT2D eigenvalue weighted by Crippen LogP contribution is -2.46. The molecule has 26 heavy (non-hydrogen) atoms. The van der Waals surface area contributed by atoms with Gasteiger partial charge in [0.25, 0.3) is 0 Å². The zero-order chi connectivity index (χ0) is 18.5. The van der Waals surface area contributed by atoms with E-state index < -0.39 is 6.04 Å². The van der Waals surface area contributed by atoms with Gasteiger partial charge in [0, 0.05) is 22.2 Å². The number of carbonyl (C=O) groups excluding carboxylic acids is 1. The van der Waals surface area contributed by atoms with Crippen molar-refractivity contribution in [2.45, 2.75) is 18.9 Å². The normalized spacial score (nSPS) is 13.7. The first-order valence-electron chi connectivity index (χ1n) is 8.28. The summed E-state index contributed by atoms with van der Waals surface area (Å²) in [5, 5.41) is 16.1. The molecule has 2 aromatic carbocycles. The van der Waals surface area contributed by atoms with Crippen molar-refractivity contribution in [3.05, 3.63) is 63.6 Å². The molecule has 0 unspecified atom stereocenters. The quantitative estimate of drug-likeness (QED) is 0.704. The summed E-state index contributed by atoms with van der Waals surface area (Å²) in [5.41, 5.74) is 3.83. The second kappa shape index (κ2) is 8.54. The van der Waals surface area contributed by atoms with Gasteiger partial charge in [-0.1, -0.05) is 47.5 Å². The van der Waals surface area contributed by atoms with Crippen LogP contribution in [0.3, 0.4) is 0 Å². The van der Waals surface area contributed by atoms with E-state index in [2.05, 4.69) is 15.6 Å². The molecule has 1 heterocycles. The van der Waals surface area contributed by atoms with Gasteiger partial charge in [0.15, 0.2) is 0 Å². The average Bonchev–Trinajstić information content (AvgIpc) is 3.04. The predicted molar refractivity (Wildman–Crippen MR) is 105 cm³/mol. The van der Waals surface area contributed by atoms with Crippen LogP contribution >= 0.6 is 23.2 Å². The van der Waals surface area contributed by atoms with Crippen LogP contribution in [0.5, 0.6) is 0 Å². The van der Waals surface area contributed by atoms with Crippen molar-refractivity contribution in [1.29, 1.82) is 0 Å². The maximum atomic E-state index is 12.1. The Labute approximate surface area is 162 Å². The fraction of sp³-hybridized carbons (Fsp3) is 0.263. The molecular formula is C19H19Cl2N3O2. The van der Waals surface area contributed by atoms with Gasteiger partial charge in [0.05, 0.1) is 24.9 Å². The van der Waals surface area contributed by atoms with E-state index in [4.69, 9.17) is 23.2 Å². The zero-order valence-corrected chi connectivity index (χ0v) is 15.5. The number of nitrogens with zero attached hydrogens (tertiary/aromatic N) is 1. The lowest BCUT2D eigenvalue weighted by Gasteiger charge is -2.17. The number of aliphatic hydroxyl groups is 1. The number of fused-ring (bicyclic) bond motifs is 1. The van der Waals surface area contributed by atoms with Crippen molar-refractivity contribution >= 4 is 40.6 Å². The summed E-state index contributed by atoms with van der Waals surface area (Å²) >= 11 is 12.0. The van der Waals surface area contributed by atoms with E-state index in [0.717, 1.165) is 28.9 Å². The Morgan fingerprint density at radius 2 is 2.04 bits per heavy atom. The van der Waals surface area contributed by atoms with Crippen molar-refractivity contribution in [2.24, 2.45) is 4.99 Å². The standard InChI is InChI=1S/C19H19Cl2N3O2/c20-14-6-5-12(17(21)9-14)7-16(11-25)24-19(26)22-10-15-8-13-3-1-2-4-18(13)23-15/h1-6,9,16,25H,7-8,10-11H2,(H2,22,24,26)/t16-/m0/s1. The van der Waals surface area contributed by atoms with Crippen LogP contribution in [0, 0.1) is 0 Å². The third-order valence-electron chi connectivity index (χ3n) is 4.15. The van der Waals surface area contributed by atoms with Gasteiger partial charge in [-0.05, 0) is 35.7 Å². The molecule has 0 bridgehead atoms. The molecule has 0 aliphatic carbocycles. The number of para-hydroxylation sites is 1. The van der Waals surface area contributed by atoms with Crippen molar-refractivity contribution in [3.63, 3.8) is 0 Å². The smallest absolute Gasteiger partial charge is 0.315 e. The van der Waals surface area contributed by atoms with Crippen LogP contribution in [0.4, 0.5) is 10.5 Å². The minimum absolute atomic E-state index is 0.196. The van der Waals surface area contributed by atoms with Crippen molar-refractivity contribution in [3.8, 4) is 0 Å². The summed E-state index contributed by atoms with van der Waals surface area (Å²) in [6.45, 7) is 0.166. The molecule has 0 radical (unpaired) electrons. The van der Waals surface area contributed by atoms with E-state index in [1.165, 1.54) is 0 Å². The number of rotatable bonds is 6. The second-order valence-electron chi connectivity index (χ2n) is 6.13. The van der Waals surface area contributed by atoms with Crippen LogP contribution < -0.4 is 10.6 Å². The molecule has 0 saturated carbocycles. The molecule has 0 saturated heterocycles. The number of benzene rings is 2. The number of amides is 2. The van der Waals surface area contributed by atoms with Crippen LogP contribution in [0.1, 0.15) is 11.1 Å². The minimum atomic E-state index is -0.448. The number of carbonyl (C=O) groups is 1. The number of nitrogens with one attached hydrogen (secondary N) is 2. The largest absolute Gasteiger partial charge is 0.394 e. The second-order valence-corrected chi connectivity index (χ2v) is 6.97. The van der Waals surface area contributed by atoms with Gasteiger partial charge in [0.1, 0.15) is 0 Å². The molecule has 136 valence electrons. The molecule has 7 heteroatoms. The van der Waals surface area contributed by atoms with Crippen LogP contribution in [-0.4, -0.2) is 36.0 Å². The number of aliphatic hydroxyl groups excluding tert-OH is 1. The van der Waals surface area contributed by atoms with E-state index >= 15 is 0 Å². The topological polar surface area (TPSA) is 73.7 Å². The number of halogens is 2. The third-order valence-corrected chi connectivity index (χ3v) is 4.74. The summed E-state index contributed by atoms with van der Waals surface area (Å²) in [5.74, 6) is 0. The highest BCUT2D eigenvalue weighted by Gasteiger charge is 2.17. The Bertz CT molecular complexity index is 839. The Balaban J connectivity index is 1.50. The fourth-order valence-electron chi connectivity index (χ4n) is 2.83. The molecule has 1 aliphatic rings. The maximum absolute atomic E-state index is 12.1. The van der Waals surface area contributed by atoms with Crippen LogP contribution in [-0.2, 0) is 12.8 Å². The Kier molecular flexibility index (Phi) is 6.14. The van der Waals surface area contributed by atoms with Crippen LogP contribution in [0.2, 0.25) is 10.0 Å². The zero-order valence-electron chi connectivity index (χ0n) is 14.0. The van der Waals surface area contributed by atoms with E-state index in [1.807, 2.05) is 24.3 Å². The molecule has 1 atom stereocenters. The summed E-state index contributed by atoms with van der Waals surface area (Å²) in [6, 6.07) is 12.3. The lowest BCUT2D eigenvalue weighted by molar-refractivity contribution is 0.217. The van der Waals surface area contributed by atoms with Gasteiger partial charge >= 0.3 is 6.03 Å². The molecular weight excluding hydrogens is 373 g/mol. The first-order valence-corrected chi connectivity index (χ1v) is 9.04. The van der Waals surface area contributed by atoms with Crippen molar-refractivity contribution in [2.75, 3.05) is 13.2 Å². The SMILES string of the molecule is O=C(NCC1=Nc2ccccc2C1)N[C@H](CO)Cc1ccc(Cl)cc1Cl. The summed E-state index contributed by atoms with van der Waals surface area (Å²) in [4.78, 5) is 16.6. The Morgan fingerprint density at radius 1 is 1.23 bits per heavy atom. The monoisotopic (exact) mass is 391 g/mol. The van der Waals surface area contributed by atoms with Gasteiger partial charge in [-0.15, -0.1) is 0 Å². The van der Waals surface area contributed by atoms with Crippen molar-refractivity contribution in [1.82, 2.24) is 10.6 Å². The molecule has 0 fully saturated rings. The molecule has 5 nitrogen and oxygen atoms in total. The predicted octanol–water partition coefficient (Wildman–Crippen LogP) is 3.52. The van der Waals surface area contributed by atoms with E-state index in [9.17, 15) is 9.90 Å². The van der Waals surface area contributed by atoms with Gasteiger partial charge in [-0.2, -0.15) is 0 Å². The van der Waals surface area contributed by atoms with E-state index in [-0.39, 0.29) is 12.6 Å². The highest BCUT2D eigenvalue weighted by Crippen LogP contribution is 2.25. The fourth-order valence-corrected chi connectivity index (χ4v) is 3.32. The highest BCUT2D eigenvalue weighted by molar-refractivity contribution is 6.35. The highest BCUT2D eigenvalue weighted by atomic mass is 35.5. The molecule has 3 rings (SSSR count). The minimum Gasteiger partial charge on any atom is -0.394 e. The van der Waals surface area contributed by atoms with Gasteiger partial charge in [0.2, 0.25) is 0 Å². The first-order chi connectivity index (χ1) is 12.5. The molecule has 2 aromatic rings. The van der Waals surface area contributed by atoms with Crippen molar-refractivity contribution < 1.29 is 9.90 Å². The molecule has 3 N–H and O–H groups in total. The Morgan fingerprint density at radius 3 is 2.77 bits per heavy atom. The molecule has 1 aliphatic heterocycles. The number of hydrogen-bond acceptors (Lipinski definition) is 3. The first kappa shape index (κ1) is 18.7. The molecule has 0 spiro atoms. The number of hydrogen-bond donors (Lipinski definition) is 3. The number of urea groups is 1. The molecule has 0 aromatic heterocycles. The average molecular weight is 392 g/mol. The lowest BCUT2D eigenvalue weighted by atomic mass is 10.1. The van der Waals surface area contributed by atoms with E-state index in [0.29, 0.717) is 23.0 Å². The maximum Gasteiger partial charge on any atom is 0.315 e. The summed E-state index contributed by atoms with van der Waals surface area (Å²) in [7, 11) is 0.